The smallest absolute Gasteiger partial charge is 0.215 e. The Labute approximate surface area is 141 Å². The van der Waals surface area contributed by atoms with Gasteiger partial charge in [0.05, 0.1) is 16.8 Å². The first-order valence-electron chi connectivity index (χ1n) is 9.11. The summed E-state index contributed by atoms with van der Waals surface area (Å²) in [6, 6.07) is -0.0252. The molecule has 0 radical (unpaired) electrons. The van der Waals surface area contributed by atoms with Gasteiger partial charge in [0.15, 0.2) is 9.84 Å². The van der Waals surface area contributed by atoms with Crippen LogP contribution in [-0.4, -0.2) is 39.6 Å². The summed E-state index contributed by atoms with van der Waals surface area (Å²) in [6.07, 6.45) is 12.8. The number of sulfone groups is 1. The molecule has 1 heterocycles. The van der Waals surface area contributed by atoms with Crippen molar-refractivity contribution in [1.82, 2.24) is 4.72 Å². The van der Waals surface area contributed by atoms with E-state index in [1.165, 1.54) is 32.1 Å². The van der Waals surface area contributed by atoms with Crippen LogP contribution in [0.1, 0.15) is 77.0 Å². The monoisotopic (exact) mass is 365 g/mol. The molecule has 2 aliphatic rings. The van der Waals surface area contributed by atoms with E-state index in [0.717, 1.165) is 38.5 Å². The van der Waals surface area contributed by atoms with Crippen molar-refractivity contribution in [2.24, 2.45) is 0 Å². The van der Waals surface area contributed by atoms with Gasteiger partial charge in [0.1, 0.15) is 0 Å². The standard InChI is InChI=1S/C16H31NO4S2/c18-22(19)13-12-16(14-22)23(20,21)17-15-10-8-6-4-2-1-3-5-7-9-11-15/h15-17H,1-14H2/t16-/m1/s1. The quantitative estimate of drug-likeness (QED) is 0.834. The first-order chi connectivity index (χ1) is 10.9. The molecule has 0 aromatic heterocycles. The van der Waals surface area contributed by atoms with E-state index in [1.54, 1.807) is 0 Å². The van der Waals surface area contributed by atoms with Gasteiger partial charge in [-0.2, -0.15) is 0 Å². The fraction of sp³-hybridized carbons (Fsp3) is 1.00. The van der Waals surface area contributed by atoms with E-state index in [2.05, 4.69) is 4.72 Å². The molecule has 2 rings (SSSR count). The van der Waals surface area contributed by atoms with E-state index >= 15 is 0 Å². The summed E-state index contributed by atoms with van der Waals surface area (Å²) < 4.78 is 50.9. The number of sulfonamides is 1. The number of rotatable bonds is 3. The minimum absolute atomic E-state index is 0.00322. The summed E-state index contributed by atoms with van der Waals surface area (Å²) in [4.78, 5) is 0. The molecular weight excluding hydrogens is 334 g/mol. The van der Waals surface area contributed by atoms with Gasteiger partial charge in [-0.1, -0.05) is 57.8 Å². The van der Waals surface area contributed by atoms with Gasteiger partial charge in [0.2, 0.25) is 10.0 Å². The zero-order valence-corrected chi connectivity index (χ0v) is 15.6. The first kappa shape index (κ1) is 19.2. The molecule has 1 saturated carbocycles. The molecule has 1 saturated heterocycles. The molecule has 1 aliphatic carbocycles. The van der Waals surface area contributed by atoms with Gasteiger partial charge in [0, 0.05) is 6.04 Å². The predicted molar refractivity (Wildman–Crippen MR) is 93.7 cm³/mol. The molecular formula is C16H31NO4S2. The third-order valence-electron chi connectivity index (χ3n) is 5.07. The van der Waals surface area contributed by atoms with Crippen LogP contribution < -0.4 is 4.72 Å². The Kier molecular flexibility index (Phi) is 7.35. The molecule has 2 fully saturated rings. The highest BCUT2D eigenvalue weighted by Crippen LogP contribution is 2.21. The fourth-order valence-corrected chi connectivity index (χ4v) is 7.97. The average molecular weight is 366 g/mol. The molecule has 23 heavy (non-hydrogen) atoms. The van der Waals surface area contributed by atoms with E-state index in [4.69, 9.17) is 0 Å². The largest absolute Gasteiger partial charge is 0.229 e. The molecule has 0 spiro atoms. The second-order valence-electron chi connectivity index (χ2n) is 7.14. The summed E-state index contributed by atoms with van der Waals surface area (Å²) in [5.74, 6) is -0.210. The van der Waals surface area contributed by atoms with Crippen molar-refractivity contribution in [3.8, 4) is 0 Å². The lowest BCUT2D eigenvalue weighted by Gasteiger charge is -2.21. The molecule has 7 heteroatoms. The molecule has 1 N–H and O–H groups in total. The summed E-state index contributed by atoms with van der Waals surface area (Å²) in [7, 11) is -6.70. The maximum atomic E-state index is 12.5. The Balaban J connectivity index is 1.91. The zero-order valence-electron chi connectivity index (χ0n) is 14.0. The Hall–Kier alpha value is -0.140. The van der Waals surface area contributed by atoms with Crippen molar-refractivity contribution in [2.45, 2.75) is 88.3 Å². The van der Waals surface area contributed by atoms with Crippen molar-refractivity contribution in [3.05, 3.63) is 0 Å². The van der Waals surface area contributed by atoms with Crippen molar-refractivity contribution in [3.63, 3.8) is 0 Å². The molecule has 5 nitrogen and oxygen atoms in total. The van der Waals surface area contributed by atoms with Crippen LogP contribution in [-0.2, 0) is 19.9 Å². The fourth-order valence-electron chi connectivity index (χ4n) is 3.62. The highest BCUT2D eigenvalue weighted by atomic mass is 32.2. The second-order valence-corrected chi connectivity index (χ2v) is 11.4. The van der Waals surface area contributed by atoms with Gasteiger partial charge in [-0.25, -0.2) is 21.6 Å². The zero-order chi connectivity index (χ0) is 16.8. The predicted octanol–water partition coefficient (Wildman–Crippen LogP) is 2.77. The van der Waals surface area contributed by atoms with Gasteiger partial charge in [-0.3, -0.25) is 0 Å². The van der Waals surface area contributed by atoms with E-state index in [9.17, 15) is 16.8 Å². The molecule has 1 aliphatic heterocycles. The normalized spacial score (nSPS) is 28.8. The molecule has 136 valence electrons. The van der Waals surface area contributed by atoms with Gasteiger partial charge in [-0.05, 0) is 19.3 Å². The van der Waals surface area contributed by atoms with E-state index in [0.29, 0.717) is 0 Å². The van der Waals surface area contributed by atoms with Gasteiger partial charge in [-0.15, -0.1) is 0 Å². The van der Waals surface area contributed by atoms with Crippen molar-refractivity contribution >= 4 is 19.9 Å². The summed E-state index contributed by atoms with van der Waals surface area (Å²) >= 11 is 0. The van der Waals surface area contributed by atoms with Crippen LogP contribution in [0.4, 0.5) is 0 Å². The third-order valence-corrected chi connectivity index (χ3v) is 8.99. The van der Waals surface area contributed by atoms with E-state index in [1.807, 2.05) is 0 Å². The van der Waals surface area contributed by atoms with Crippen molar-refractivity contribution in [2.75, 3.05) is 11.5 Å². The second kappa shape index (κ2) is 8.81. The maximum absolute atomic E-state index is 12.5. The highest BCUT2D eigenvalue weighted by molar-refractivity contribution is 7.95. The molecule has 0 amide bonds. The molecule has 1 atom stereocenters. The van der Waals surface area contributed by atoms with E-state index in [-0.39, 0.29) is 24.0 Å². The molecule has 0 aromatic carbocycles. The number of hydrogen-bond donors (Lipinski definition) is 1. The van der Waals surface area contributed by atoms with Crippen LogP contribution in [0.2, 0.25) is 0 Å². The Morgan fingerprint density at radius 3 is 1.65 bits per heavy atom. The molecule has 0 bridgehead atoms. The van der Waals surface area contributed by atoms with Crippen LogP contribution in [0.5, 0.6) is 0 Å². The van der Waals surface area contributed by atoms with Crippen LogP contribution in [0.25, 0.3) is 0 Å². The summed E-state index contributed by atoms with van der Waals surface area (Å²) in [6.45, 7) is 0. The summed E-state index contributed by atoms with van der Waals surface area (Å²) in [5.41, 5.74) is 0. The first-order valence-corrected chi connectivity index (χ1v) is 12.5. The number of nitrogens with one attached hydrogen (secondary N) is 1. The number of hydrogen-bond acceptors (Lipinski definition) is 4. The average Bonchev–Trinajstić information content (AvgIpc) is 2.83. The Bertz CT molecular complexity index is 545. The summed E-state index contributed by atoms with van der Waals surface area (Å²) in [5, 5.41) is -0.756. The van der Waals surface area contributed by atoms with Crippen LogP contribution in [0, 0.1) is 0 Å². The molecule has 0 unspecified atom stereocenters. The van der Waals surface area contributed by atoms with Crippen LogP contribution >= 0.6 is 0 Å². The third kappa shape index (κ3) is 6.70. The minimum atomic E-state index is -3.53. The van der Waals surface area contributed by atoms with Crippen LogP contribution in [0.15, 0.2) is 0 Å². The van der Waals surface area contributed by atoms with Crippen LogP contribution in [0.3, 0.4) is 0 Å². The van der Waals surface area contributed by atoms with Gasteiger partial charge in [0.25, 0.3) is 0 Å². The Morgan fingerprint density at radius 1 is 0.739 bits per heavy atom. The highest BCUT2D eigenvalue weighted by Gasteiger charge is 2.37. The molecule has 0 aromatic rings. The minimum Gasteiger partial charge on any atom is -0.229 e. The van der Waals surface area contributed by atoms with E-state index < -0.39 is 25.1 Å². The van der Waals surface area contributed by atoms with Crippen molar-refractivity contribution in [1.29, 1.82) is 0 Å². The lowest BCUT2D eigenvalue weighted by molar-refractivity contribution is 0.438. The SMILES string of the molecule is O=S1(=O)CC[C@@H](S(=O)(=O)NC2CCCCCCCCCCC2)C1. The lowest BCUT2D eigenvalue weighted by Crippen LogP contribution is -2.41. The van der Waals surface area contributed by atoms with Gasteiger partial charge >= 0.3 is 0 Å². The maximum Gasteiger partial charge on any atom is 0.215 e. The van der Waals surface area contributed by atoms with Crippen molar-refractivity contribution < 1.29 is 16.8 Å². The topological polar surface area (TPSA) is 80.3 Å². The lowest BCUT2D eigenvalue weighted by atomic mass is 9.98. The van der Waals surface area contributed by atoms with Gasteiger partial charge < -0.3 is 0 Å². The Morgan fingerprint density at radius 2 is 1.22 bits per heavy atom.